The minimum absolute atomic E-state index is 0.550. The van der Waals surface area contributed by atoms with Gasteiger partial charge in [-0.1, -0.05) is 0 Å². The largest absolute Gasteiger partial charge is 0.372 e. The van der Waals surface area contributed by atoms with E-state index in [4.69, 9.17) is 4.74 Å². The van der Waals surface area contributed by atoms with E-state index in [-0.39, 0.29) is 0 Å². The maximum atomic E-state index is 5.89. The van der Waals surface area contributed by atoms with Crippen molar-refractivity contribution in [1.29, 1.82) is 0 Å². The molecule has 86 valence electrons. The van der Waals surface area contributed by atoms with Crippen LogP contribution in [-0.4, -0.2) is 48.8 Å². The smallest absolute Gasteiger partial charge is 0.0707 e. The number of rotatable bonds is 1. The summed E-state index contributed by atoms with van der Waals surface area (Å²) in [6, 6.07) is 1.51. The van der Waals surface area contributed by atoms with Gasteiger partial charge >= 0.3 is 0 Å². The first-order chi connectivity index (χ1) is 7.31. The molecule has 3 heterocycles. The molecule has 0 amide bonds. The van der Waals surface area contributed by atoms with E-state index < -0.39 is 0 Å². The third kappa shape index (κ3) is 2.05. The summed E-state index contributed by atoms with van der Waals surface area (Å²) < 4.78 is 5.89. The van der Waals surface area contributed by atoms with Crippen molar-refractivity contribution in [2.45, 2.75) is 56.9 Å². The molecule has 0 aromatic carbocycles. The zero-order chi connectivity index (χ0) is 10.3. The molecule has 3 nitrogen and oxygen atoms in total. The lowest BCUT2D eigenvalue weighted by atomic mass is 9.98. The molecule has 3 aliphatic heterocycles. The lowest BCUT2D eigenvalue weighted by Gasteiger charge is -2.41. The second-order valence-electron chi connectivity index (χ2n) is 5.44. The highest BCUT2D eigenvalue weighted by Gasteiger charge is 2.37. The number of hydrogen-bond acceptors (Lipinski definition) is 3. The lowest BCUT2D eigenvalue weighted by molar-refractivity contribution is -0.0580. The molecule has 0 aromatic rings. The normalized spacial score (nSPS) is 47.0. The molecule has 3 aliphatic rings. The Bertz CT molecular complexity index is 222. The van der Waals surface area contributed by atoms with Gasteiger partial charge in [0.1, 0.15) is 0 Å². The van der Waals surface area contributed by atoms with Gasteiger partial charge in [-0.2, -0.15) is 0 Å². The van der Waals surface area contributed by atoms with Crippen molar-refractivity contribution in [3.05, 3.63) is 0 Å². The fourth-order valence-electron chi connectivity index (χ4n) is 3.38. The highest BCUT2D eigenvalue weighted by Crippen LogP contribution is 2.29. The Morgan fingerprint density at radius 1 is 1.13 bits per heavy atom. The Morgan fingerprint density at radius 3 is 2.53 bits per heavy atom. The highest BCUT2D eigenvalue weighted by molar-refractivity contribution is 4.90. The maximum Gasteiger partial charge on any atom is 0.0707 e. The van der Waals surface area contributed by atoms with Crippen molar-refractivity contribution in [3.63, 3.8) is 0 Å². The summed E-state index contributed by atoms with van der Waals surface area (Å²) in [4.78, 5) is 2.70. The summed E-state index contributed by atoms with van der Waals surface area (Å²) >= 11 is 0. The van der Waals surface area contributed by atoms with E-state index in [2.05, 4.69) is 17.1 Å². The van der Waals surface area contributed by atoms with E-state index in [9.17, 15) is 0 Å². The van der Waals surface area contributed by atoms with Gasteiger partial charge in [0.25, 0.3) is 0 Å². The van der Waals surface area contributed by atoms with E-state index >= 15 is 0 Å². The Morgan fingerprint density at radius 2 is 1.87 bits per heavy atom. The summed E-state index contributed by atoms with van der Waals surface area (Å²) in [6.45, 7) is 5.88. The predicted molar refractivity (Wildman–Crippen MR) is 60.0 cm³/mol. The van der Waals surface area contributed by atoms with E-state index in [1.165, 1.54) is 45.3 Å². The second-order valence-corrected chi connectivity index (χ2v) is 5.44. The van der Waals surface area contributed by atoms with Crippen LogP contribution >= 0.6 is 0 Å². The topological polar surface area (TPSA) is 24.5 Å². The van der Waals surface area contributed by atoms with Gasteiger partial charge in [0.15, 0.2) is 0 Å². The van der Waals surface area contributed by atoms with E-state index in [1.54, 1.807) is 0 Å². The van der Waals surface area contributed by atoms with Crippen LogP contribution in [0.1, 0.15) is 32.6 Å². The molecule has 3 saturated heterocycles. The summed E-state index contributed by atoms with van der Waals surface area (Å²) in [7, 11) is 0. The van der Waals surface area contributed by atoms with Crippen molar-refractivity contribution >= 4 is 0 Å². The van der Waals surface area contributed by atoms with Crippen LogP contribution in [0.15, 0.2) is 0 Å². The molecular weight excluding hydrogens is 188 g/mol. The molecule has 1 N–H and O–H groups in total. The highest BCUT2D eigenvalue weighted by atomic mass is 16.5. The summed E-state index contributed by atoms with van der Waals surface area (Å²) in [6.07, 6.45) is 6.33. The molecule has 3 heteroatoms. The predicted octanol–water partition coefficient (Wildman–Crippen LogP) is 0.990. The van der Waals surface area contributed by atoms with Crippen LogP contribution in [0.5, 0.6) is 0 Å². The molecule has 15 heavy (non-hydrogen) atoms. The minimum Gasteiger partial charge on any atom is -0.372 e. The van der Waals surface area contributed by atoms with E-state index in [0.29, 0.717) is 18.2 Å². The van der Waals surface area contributed by atoms with E-state index in [1.807, 2.05) is 0 Å². The zero-order valence-electron chi connectivity index (χ0n) is 9.61. The Labute approximate surface area is 92.2 Å². The molecule has 4 atom stereocenters. The van der Waals surface area contributed by atoms with Crippen LogP contribution in [-0.2, 0) is 4.74 Å². The summed E-state index contributed by atoms with van der Waals surface area (Å²) in [5.74, 6) is 0. The van der Waals surface area contributed by atoms with Crippen molar-refractivity contribution < 1.29 is 4.74 Å². The fraction of sp³-hybridized carbons (Fsp3) is 1.00. The Hall–Kier alpha value is -0.120. The van der Waals surface area contributed by atoms with Gasteiger partial charge in [-0.3, -0.25) is 4.90 Å². The van der Waals surface area contributed by atoms with Gasteiger partial charge in [0, 0.05) is 25.2 Å². The molecule has 0 radical (unpaired) electrons. The van der Waals surface area contributed by atoms with Crippen LogP contribution in [0.3, 0.4) is 0 Å². The molecular formula is C12H22N2O. The van der Waals surface area contributed by atoms with Crippen molar-refractivity contribution in [3.8, 4) is 0 Å². The van der Waals surface area contributed by atoms with Crippen LogP contribution in [0.25, 0.3) is 0 Å². The quantitative estimate of drug-likeness (QED) is 0.698. The van der Waals surface area contributed by atoms with Gasteiger partial charge in [-0.05, 0) is 39.2 Å². The fourth-order valence-corrected chi connectivity index (χ4v) is 3.38. The minimum atomic E-state index is 0.550. The molecule has 0 aliphatic carbocycles. The molecule has 0 saturated carbocycles. The van der Waals surface area contributed by atoms with Gasteiger partial charge < -0.3 is 10.1 Å². The first-order valence-electron chi connectivity index (χ1n) is 6.44. The summed E-state index contributed by atoms with van der Waals surface area (Å²) in [5.41, 5.74) is 0. The third-order valence-corrected chi connectivity index (χ3v) is 4.18. The average Bonchev–Trinajstić information content (AvgIpc) is 2.58. The lowest BCUT2D eigenvalue weighted by Crippen LogP contribution is -2.52. The SMILES string of the molecule is CC1CC(N2CC3CCC(C2)O3)CCN1. The Balaban J connectivity index is 1.62. The summed E-state index contributed by atoms with van der Waals surface area (Å²) in [5, 5.41) is 3.53. The van der Waals surface area contributed by atoms with Crippen molar-refractivity contribution in [2.24, 2.45) is 0 Å². The number of fused-ring (bicyclic) bond motifs is 2. The average molecular weight is 210 g/mol. The van der Waals surface area contributed by atoms with Crippen LogP contribution in [0.2, 0.25) is 0 Å². The van der Waals surface area contributed by atoms with Gasteiger partial charge in [-0.25, -0.2) is 0 Å². The van der Waals surface area contributed by atoms with Crippen molar-refractivity contribution in [2.75, 3.05) is 19.6 Å². The number of hydrogen-bond donors (Lipinski definition) is 1. The number of likely N-dealkylation sites (tertiary alicyclic amines) is 1. The van der Waals surface area contributed by atoms with Crippen LogP contribution < -0.4 is 5.32 Å². The molecule has 2 bridgehead atoms. The number of piperidine rings is 1. The van der Waals surface area contributed by atoms with Crippen LogP contribution in [0, 0.1) is 0 Å². The molecule has 0 spiro atoms. The third-order valence-electron chi connectivity index (χ3n) is 4.18. The van der Waals surface area contributed by atoms with Gasteiger partial charge in [-0.15, -0.1) is 0 Å². The Kier molecular flexibility index (Phi) is 2.71. The van der Waals surface area contributed by atoms with Crippen molar-refractivity contribution in [1.82, 2.24) is 10.2 Å². The first kappa shape index (κ1) is 10.1. The zero-order valence-corrected chi connectivity index (χ0v) is 9.61. The van der Waals surface area contributed by atoms with Gasteiger partial charge in [0.2, 0.25) is 0 Å². The molecule has 3 fully saturated rings. The standard InChI is InChI=1S/C12H22N2O/c1-9-6-10(4-5-13-9)14-7-11-2-3-12(8-14)15-11/h9-13H,2-8H2,1H3. The monoisotopic (exact) mass is 210 g/mol. The number of ether oxygens (including phenoxy) is 1. The van der Waals surface area contributed by atoms with E-state index in [0.717, 1.165) is 6.04 Å². The second kappa shape index (κ2) is 4.04. The first-order valence-corrected chi connectivity index (χ1v) is 6.44. The molecule has 0 aromatic heterocycles. The molecule has 4 unspecified atom stereocenters. The molecule has 3 rings (SSSR count). The van der Waals surface area contributed by atoms with Crippen LogP contribution in [0.4, 0.5) is 0 Å². The maximum absolute atomic E-state index is 5.89. The number of nitrogens with zero attached hydrogens (tertiary/aromatic N) is 1. The van der Waals surface area contributed by atoms with Gasteiger partial charge in [0.05, 0.1) is 12.2 Å². The number of nitrogens with one attached hydrogen (secondary N) is 1. The number of morpholine rings is 1.